The van der Waals surface area contributed by atoms with E-state index in [1.807, 2.05) is 0 Å². The molecule has 0 heterocycles. The number of rotatable bonds is 2. The van der Waals surface area contributed by atoms with Crippen LogP contribution in [0.3, 0.4) is 0 Å². The molecule has 2 nitrogen and oxygen atoms in total. The van der Waals surface area contributed by atoms with E-state index in [0.717, 1.165) is 5.56 Å². The quantitative estimate of drug-likeness (QED) is 0.646. The number of nitrogens with two attached hydrogens (primary N) is 1. The van der Waals surface area contributed by atoms with Gasteiger partial charge in [-0.2, -0.15) is 0 Å². The van der Waals surface area contributed by atoms with Crippen molar-refractivity contribution < 1.29 is 0 Å². The number of halogens is 3. The van der Waals surface area contributed by atoms with Crippen molar-refractivity contribution in [1.29, 1.82) is 5.41 Å². The van der Waals surface area contributed by atoms with Crippen molar-refractivity contribution in [3.63, 3.8) is 0 Å². The summed E-state index contributed by atoms with van der Waals surface area (Å²) in [6.07, 6.45) is 0. The molecule has 3 N–H and O–H groups in total. The summed E-state index contributed by atoms with van der Waals surface area (Å²) in [5, 5.41) is 8.41. The third-order valence-electron chi connectivity index (χ3n) is 1.39. The SMILES string of the molecule is Br.N=C(N)SCc1cc(Cl)ccc1Cl. The minimum Gasteiger partial charge on any atom is -0.379 e. The second-order valence-corrected chi connectivity index (χ2v) is 4.25. The van der Waals surface area contributed by atoms with Gasteiger partial charge in [-0.15, -0.1) is 17.0 Å². The van der Waals surface area contributed by atoms with Gasteiger partial charge in [-0.3, -0.25) is 5.41 Å². The predicted octanol–water partition coefficient (Wildman–Crippen LogP) is 3.70. The zero-order valence-electron chi connectivity index (χ0n) is 7.09. The van der Waals surface area contributed by atoms with Crippen LogP contribution < -0.4 is 5.73 Å². The smallest absolute Gasteiger partial charge is 0.151 e. The number of hydrogen-bond acceptors (Lipinski definition) is 2. The highest BCUT2D eigenvalue weighted by molar-refractivity contribution is 8.93. The molecule has 0 aliphatic rings. The molecule has 1 rings (SSSR count). The lowest BCUT2D eigenvalue weighted by atomic mass is 10.2. The van der Waals surface area contributed by atoms with E-state index in [-0.39, 0.29) is 22.1 Å². The van der Waals surface area contributed by atoms with E-state index in [1.165, 1.54) is 11.8 Å². The van der Waals surface area contributed by atoms with E-state index < -0.39 is 0 Å². The normalized spacial score (nSPS) is 9.29. The number of nitrogens with one attached hydrogen (secondary N) is 1. The second-order valence-electron chi connectivity index (χ2n) is 2.39. The molecule has 0 unspecified atom stereocenters. The highest BCUT2D eigenvalue weighted by Crippen LogP contribution is 2.24. The van der Waals surface area contributed by atoms with E-state index in [0.29, 0.717) is 15.8 Å². The van der Waals surface area contributed by atoms with E-state index >= 15 is 0 Å². The summed E-state index contributed by atoms with van der Waals surface area (Å²) in [6, 6.07) is 5.24. The van der Waals surface area contributed by atoms with Gasteiger partial charge < -0.3 is 5.73 Å². The van der Waals surface area contributed by atoms with Crippen molar-refractivity contribution in [1.82, 2.24) is 0 Å². The summed E-state index contributed by atoms with van der Waals surface area (Å²) >= 11 is 12.9. The molecule has 1 aromatic rings. The van der Waals surface area contributed by atoms with Crippen LogP contribution in [0.5, 0.6) is 0 Å². The highest BCUT2D eigenvalue weighted by atomic mass is 79.9. The first kappa shape index (κ1) is 14.1. The third-order valence-corrected chi connectivity index (χ3v) is 2.76. The van der Waals surface area contributed by atoms with Crippen molar-refractivity contribution in [2.75, 3.05) is 0 Å². The molecule has 0 radical (unpaired) electrons. The average Bonchev–Trinajstić information content (AvgIpc) is 2.06. The van der Waals surface area contributed by atoms with E-state index in [9.17, 15) is 0 Å². The van der Waals surface area contributed by atoms with Crippen LogP contribution in [-0.2, 0) is 5.75 Å². The fourth-order valence-corrected chi connectivity index (χ4v) is 1.82. The largest absolute Gasteiger partial charge is 0.379 e. The van der Waals surface area contributed by atoms with Gasteiger partial charge in [0.05, 0.1) is 0 Å². The Labute approximate surface area is 107 Å². The van der Waals surface area contributed by atoms with Crippen LogP contribution in [0, 0.1) is 5.41 Å². The van der Waals surface area contributed by atoms with Crippen LogP contribution in [-0.4, -0.2) is 5.17 Å². The molecule has 0 saturated carbocycles. The Morgan fingerprint density at radius 1 is 1.43 bits per heavy atom. The molecule has 1 aromatic carbocycles. The molecule has 0 saturated heterocycles. The summed E-state index contributed by atoms with van der Waals surface area (Å²) in [7, 11) is 0. The minimum atomic E-state index is 0. The van der Waals surface area contributed by atoms with Crippen molar-refractivity contribution >= 4 is 57.1 Å². The van der Waals surface area contributed by atoms with Crippen molar-refractivity contribution in [2.24, 2.45) is 5.73 Å². The molecule has 0 spiro atoms. The molecular formula is C8H9BrCl2N2S. The van der Waals surface area contributed by atoms with Gasteiger partial charge in [0.2, 0.25) is 0 Å². The number of amidine groups is 1. The maximum atomic E-state index is 7.03. The average molecular weight is 316 g/mol. The fourth-order valence-electron chi connectivity index (χ4n) is 0.809. The Balaban J connectivity index is 0.00000169. The van der Waals surface area contributed by atoms with Crippen LogP contribution in [0.4, 0.5) is 0 Å². The number of benzene rings is 1. The number of hydrogen-bond donors (Lipinski definition) is 2. The lowest BCUT2D eigenvalue weighted by Gasteiger charge is -2.03. The summed E-state index contributed by atoms with van der Waals surface area (Å²) in [5.41, 5.74) is 6.10. The molecule has 14 heavy (non-hydrogen) atoms. The van der Waals surface area contributed by atoms with Gasteiger partial charge in [0.1, 0.15) is 0 Å². The first-order chi connectivity index (χ1) is 6.09. The Morgan fingerprint density at radius 2 is 2.07 bits per heavy atom. The van der Waals surface area contributed by atoms with E-state index in [4.69, 9.17) is 34.3 Å². The van der Waals surface area contributed by atoms with E-state index in [2.05, 4.69) is 0 Å². The van der Waals surface area contributed by atoms with Crippen molar-refractivity contribution in [2.45, 2.75) is 5.75 Å². The molecule has 0 atom stereocenters. The number of thioether (sulfide) groups is 1. The summed E-state index contributed by atoms with van der Waals surface area (Å²) in [4.78, 5) is 0. The molecule has 6 heteroatoms. The van der Waals surface area contributed by atoms with Gasteiger partial charge in [-0.05, 0) is 23.8 Å². The van der Waals surface area contributed by atoms with Crippen LogP contribution in [0.2, 0.25) is 10.0 Å². The van der Waals surface area contributed by atoms with E-state index in [1.54, 1.807) is 18.2 Å². The lowest BCUT2D eigenvalue weighted by Crippen LogP contribution is -2.03. The third kappa shape index (κ3) is 4.55. The molecule has 78 valence electrons. The molecule has 0 aliphatic heterocycles. The maximum Gasteiger partial charge on any atom is 0.151 e. The second kappa shape index (κ2) is 6.56. The Bertz CT molecular complexity index is 333. The molecule has 0 bridgehead atoms. The van der Waals surface area contributed by atoms with Crippen LogP contribution in [0.25, 0.3) is 0 Å². The molecule has 0 amide bonds. The lowest BCUT2D eigenvalue weighted by molar-refractivity contribution is 1.42. The summed E-state index contributed by atoms with van der Waals surface area (Å²) in [5.74, 6) is 0.578. The van der Waals surface area contributed by atoms with Gasteiger partial charge >= 0.3 is 0 Å². The highest BCUT2D eigenvalue weighted by Gasteiger charge is 2.02. The topological polar surface area (TPSA) is 49.9 Å². The van der Waals surface area contributed by atoms with Gasteiger partial charge in [0, 0.05) is 15.8 Å². The van der Waals surface area contributed by atoms with Gasteiger partial charge in [0.15, 0.2) is 5.17 Å². The monoisotopic (exact) mass is 314 g/mol. The van der Waals surface area contributed by atoms with Crippen LogP contribution in [0.15, 0.2) is 18.2 Å². The summed E-state index contributed by atoms with van der Waals surface area (Å²) in [6.45, 7) is 0. The molecule has 0 fully saturated rings. The van der Waals surface area contributed by atoms with Crippen molar-refractivity contribution in [3.8, 4) is 0 Å². The van der Waals surface area contributed by atoms with Gasteiger partial charge in [0.25, 0.3) is 0 Å². The predicted molar refractivity (Wildman–Crippen MR) is 70.0 cm³/mol. The fraction of sp³-hybridized carbons (Fsp3) is 0.125. The van der Waals surface area contributed by atoms with Gasteiger partial charge in [-0.1, -0.05) is 35.0 Å². The molecule has 0 aliphatic carbocycles. The summed E-state index contributed by atoms with van der Waals surface area (Å²) < 4.78 is 0. The van der Waals surface area contributed by atoms with Crippen LogP contribution >= 0.6 is 51.9 Å². The van der Waals surface area contributed by atoms with Crippen LogP contribution in [0.1, 0.15) is 5.56 Å². The first-order valence-electron chi connectivity index (χ1n) is 3.50. The zero-order chi connectivity index (χ0) is 9.84. The Kier molecular flexibility index (Phi) is 6.61. The first-order valence-corrected chi connectivity index (χ1v) is 5.24. The van der Waals surface area contributed by atoms with Gasteiger partial charge in [-0.25, -0.2) is 0 Å². The standard InChI is InChI=1S/C8H8Cl2N2S.BrH/c9-6-1-2-7(10)5(3-6)4-13-8(11)12;/h1-3H,4H2,(H3,11,12);1H. The molecular weight excluding hydrogens is 307 g/mol. The Hall–Kier alpha value is 0.1000. The van der Waals surface area contributed by atoms with Crippen molar-refractivity contribution in [3.05, 3.63) is 33.8 Å². The zero-order valence-corrected chi connectivity index (χ0v) is 11.1. The molecule has 0 aromatic heterocycles. The Morgan fingerprint density at radius 3 is 2.64 bits per heavy atom. The maximum absolute atomic E-state index is 7.03. The minimum absolute atomic E-state index is 0.